The summed E-state index contributed by atoms with van der Waals surface area (Å²) in [5, 5.41) is 12.0. The van der Waals surface area contributed by atoms with E-state index in [4.69, 9.17) is 4.74 Å². The number of nitrogens with zero attached hydrogens (tertiary/aromatic N) is 2. The maximum absolute atomic E-state index is 12.2. The molecule has 2 rings (SSSR count). The number of carbonyl (C=O) groups is 1. The number of carbonyl (C=O) groups excluding carboxylic acids is 1. The molecule has 1 amide bonds. The van der Waals surface area contributed by atoms with Crippen molar-refractivity contribution in [2.24, 2.45) is 0 Å². The van der Waals surface area contributed by atoms with Gasteiger partial charge in [0.15, 0.2) is 0 Å². The molecule has 1 N–H and O–H groups in total. The van der Waals surface area contributed by atoms with E-state index in [1.807, 2.05) is 19.9 Å². The van der Waals surface area contributed by atoms with Gasteiger partial charge in [-0.1, -0.05) is 29.9 Å². The van der Waals surface area contributed by atoms with E-state index in [1.54, 1.807) is 19.2 Å². The van der Waals surface area contributed by atoms with Gasteiger partial charge < -0.3 is 4.74 Å². The molecular formula is C13H15N3O2S. The van der Waals surface area contributed by atoms with Crippen LogP contribution in [0.5, 0.6) is 5.75 Å². The van der Waals surface area contributed by atoms with E-state index < -0.39 is 0 Å². The fraction of sp³-hybridized carbons (Fsp3) is 0.308. The smallest absolute Gasteiger partial charge is 0.261 e. The summed E-state index contributed by atoms with van der Waals surface area (Å²) in [6.45, 7) is 3.92. The predicted octanol–water partition coefficient (Wildman–Crippen LogP) is 2.67. The second-order valence-electron chi connectivity index (χ2n) is 4.01. The van der Waals surface area contributed by atoms with Gasteiger partial charge in [0, 0.05) is 0 Å². The lowest BCUT2D eigenvalue weighted by Gasteiger charge is -2.08. The number of aromatic nitrogens is 2. The molecule has 0 atom stereocenters. The number of hydrogen-bond acceptors (Lipinski definition) is 5. The molecule has 6 heteroatoms. The molecule has 0 radical (unpaired) electrons. The maximum atomic E-state index is 12.2. The molecule has 19 heavy (non-hydrogen) atoms. The number of benzene rings is 1. The van der Waals surface area contributed by atoms with Gasteiger partial charge in [-0.15, -0.1) is 10.2 Å². The number of aryl methyl sites for hydroxylation is 2. The Bertz CT molecular complexity index is 595. The third-order valence-electron chi connectivity index (χ3n) is 2.59. The molecule has 100 valence electrons. The topological polar surface area (TPSA) is 64.1 Å². The van der Waals surface area contributed by atoms with E-state index in [0.717, 1.165) is 17.0 Å². The molecule has 0 spiro atoms. The van der Waals surface area contributed by atoms with Gasteiger partial charge in [0.1, 0.15) is 10.8 Å². The van der Waals surface area contributed by atoms with Crippen LogP contribution in [0.2, 0.25) is 0 Å². The highest BCUT2D eigenvalue weighted by Gasteiger charge is 2.14. The van der Waals surface area contributed by atoms with Crippen LogP contribution in [0, 0.1) is 6.92 Å². The van der Waals surface area contributed by atoms with Crippen LogP contribution in [0.3, 0.4) is 0 Å². The largest absolute Gasteiger partial charge is 0.496 e. The van der Waals surface area contributed by atoms with Crippen LogP contribution >= 0.6 is 11.3 Å². The summed E-state index contributed by atoms with van der Waals surface area (Å²) in [5.74, 6) is 0.308. The van der Waals surface area contributed by atoms with Crippen molar-refractivity contribution in [3.63, 3.8) is 0 Å². The predicted molar refractivity (Wildman–Crippen MR) is 75.0 cm³/mol. The van der Waals surface area contributed by atoms with E-state index in [0.29, 0.717) is 16.4 Å². The third-order valence-corrected chi connectivity index (χ3v) is 3.57. The van der Waals surface area contributed by atoms with Crippen molar-refractivity contribution in [2.75, 3.05) is 12.4 Å². The highest BCUT2D eigenvalue weighted by molar-refractivity contribution is 7.15. The van der Waals surface area contributed by atoms with Crippen LogP contribution in [-0.2, 0) is 6.42 Å². The van der Waals surface area contributed by atoms with E-state index in [2.05, 4.69) is 15.5 Å². The third kappa shape index (κ3) is 3.08. The van der Waals surface area contributed by atoms with Crippen LogP contribution < -0.4 is 10.1 Å². The Hall–Kier alpha value is -1.95. The zero-order valence-corrected chi connectivity index (χ0v) is 11.9. The molecule has 0 bridgehead atoms. The van der Waals surface area contributed by atoms with Gasteiger partial charge in [0.05, 0.1) is 12.7 Å². The zero-order valence-electron chi connectivity index (χ0n) is 11.1. The van der Waals surface area contributed by atoms with Gasteiger partial charge in [-0.05, 0) is 25.5 Å². The first-order valence-corrected chi connectivity index (χ1v) is 6.74. The van der Waals surface area contributed by atoms with Crippen LogP contribution in [0.15, 0.2) is 18.2 Å². The first-order valence-electron chi connectivity index (χ1n) is 5.92. The Balaban J connectivity index is 2.21. The Morgan fingerprint density at radius 1 is 1.42 bits per heavy atom. The lowest BCUT2D eigenvalue weighted by atomic mass is 10.1. The SMILES string of the molecule is CCc1nnc(NC(=O)c2cc(C)ccc2OC)s1. The lowest BCUT2D eigenvalue weighted by Crippen LogP contribution is -2.13. The Morgan fingerprint density at radius 3 is 2.84 bits per heavy atom. The monoisotopic (exact) mass is 277 g/mol. The number of ether oxygens (including phenoxy) is 1. The molecule has 5 nitrogen and oxygen atoms in total. The minimum Gasteiger partial charge on any atom is -0.496 e. The van der Waals surface area contributed by atoms with E-state index in [-0.39, 0.29) is 5.91 Å². The van der Waals surface area contributed by atoms with Crippen LogP contribution in [0.4, 0.5) is 5.13 Å². The summed E-state index contributed by atoms with van der Waals surface area (Å²) in [6.07, 6.45) is 0.807. The number of anilines is 1. The number of nitrogens with one attached hydrogen (secondary N) is 1. The summed E-state index contributed by atoms with van der Waals surface area (Å²) >= 11 is 1.38. The van der Waals surface area contributed by atoms with Crippen LogP contribution in [0.25, 0.3) is 0 Å². The number of methoxy groups -OCH3 is 1. The molecule has 0 fully saturated rings. The average Bonchev–Trinajstić information content (AvgIpc) is 2.86. The molecule has 1 aromatic heterocycles. The minimum absolute atomic E-state index is 0.237. The molecule has 1 heterocycles. The van der Waals surface area contributed by atoms with Crippen molar-refractivity contribution in [2.45, 2.75) is 20.3 Å². The van der Waals surface area contributed by atoms with Crippen molar-refractivity contribution in [1.82, 2.24) is 10.2 Å². The van der Waals surface area contributed by atoms with Crippen molar-refractivity contribution in [3.8, 4) is 5.75 Å². The van der Waals surface area contributed by atoms with Gasteiger partial charge in [0.25, 0.3) is 5.91 Å². The first-order chi connectivity index (χ1) is 9.13. The summed E-state index contributed by atoms with van der Waals surface area (Å²) in [6, 6.07) is 5.47. The van der Waals surface area contributed by atoms with Gasteiger partial charge in [-0.3, -0.25) is 10.1 Å². The minimum atomic E-state index is -0.237. The molecule has 0 saturated heterocycles. The summed E-state index contributed by atoms with van der Waals surface area (Å²) < 4.78 is 5.19. The molecule has 0 aliphatic carbocycles. The first kappa shape index (κ1) is 13.5. The van der Waals surface area contributed by atoms with E-state index in [1.165, 1.54) is 11.3 Å². The Labute approximate surface area is 115 Å². The molecule has 0 aliphatic rings. The van der Waals surface area contributed by atoms with Crippen molar-refractivity contribution in [1.29, 1.82) is 0 Å². The number of amides is 1. The van der Waals surface area contributed by atoms with E-state index >= 15 is 0 Å². The highest BCUT2D eigenvalue weighted by atomic mass is 32.1. The van der Waals surface area contributed by atoms with Gasteiger partial charge in [-0.25, -0.2) is 0 Å². The number of hydrogen-bond donors (Lipinski definition) is 1. The van der Waals surface area contributed by atoms with Crippen LogP contribution in [-0.4, -0.2) is 23.2 Å². The molecule has 0 aliphatic heterocycles. The van der Waals surface area contributed by atoms with Crippen molar-refractivity contribution >= 4 is 22.4 Å². The van der Waals surface area contributed by atoms with Gasteiger partial charge >= 0.3 is 0 Å². The summed E-state index contributed by atoms with van der Waals surface area (Å²) in [4.78, 5) is 12.2. The second-order valence-corrected chi connectivity index (χ2v) is 5.07. The number of rotatable bonds is 4. The van der Waals surface area contributed by atoms with E-state index in [9.17, 15) is 4.79 Å². The zero-order chi connectivity index (χ0) is 13.8. The standard InChI is InChI=1S/C13H15N3O2S/c1-4-11-15-16-13(19-11)14-12(17)9-7-8(2)5-6-10(9)18-3/h5-7H,4H2,1-3H3,(H,14,16,17). The van der Waals surface area contributed by atoms with Crippen molar-refractivity contribution < 1.29 is 9.53 Å². The molecule has 0 saturated carbocycles. The fourth-order valence-electron chi connectivity index (χ4n) is 1.61. The molecule has 1 aromatic carbocycles. The summed E-state index contributed by atoms with van der Waals surface area (Å²) in [7, 11) is 1.54. The molecular weight excluding hydrogens is 262 g/mol. The summed E-state index contributed by atoms with van der Waals surface area (Å²) in [5.41, 5.74) is 1.49. The van der Waals surface area contributed by atoms with Crippen molar-refractivity contribution in [3.05, 3.63) is 34.3 Å². The maximum Gasteiger partial charge on any atom is 0.261 e. The quantitative estimate of drug-likeness (QED) is 0.933. The van der Waals surface area contributed by atoms with Crippen LogP contribution in [0.1, 0.15) is 27.9 Å². The normalized spacial score (nSPS) is 10.3. The lowest BCUT2D eigenvalue weighted by molar-refractivity contribution is 0.102. The molecule has 2 aromatic rings. The Kier molecular flexibility index (Phi) is 4.11. The van der Waals surface area contributed by atoms with Gasteiger partial charge in [-0.2, -0.15) is 0 Å². The Morgan fingerprint density at radius 2 is 2.21 bits per heavy atom. The average molecular weight is 277 g/mol. The highest BCUT2D eigenvalue weighted by Crippen LogP contribution is 2.22. The fourth-order valence-corrected chi connectivity index (χ4v) is 2.29. The second kappa shape index (κ2) is 5.79. The molecule has 0 unspecified atom stereocenters. The van der Waals surface area contributed by atoms with Gasteiger partial charge in [0.2, 0.25) is 5.13 Å².